The van der Waals surface area contributed by atoms with E-state index in [4.69, 9.17) is 16.6 Å². The molecule has 0 radical (unpaired) electrons. The van der Waals surface area contributed by atoms with Gasteiger partial charge in [-0.3, -0.25) is 0 Å². The van der Waals surface area contributed by atoms with E-state index >= 15 is 0 Å². The Morgan fingerprint density at radius 1 is 1.10 bits per heavy atom. The third-order valence-electron chi connectivity index (χ3n) is 3.83. The summed E-state index contributed by atoms with van der Waals surface area (Å²) in [6.45, 7) is 6.16. The number of fused-ring (bicyclic) bond motifs is 1. The predicted octanol–water partition coefficient (Wildman–Crippen LogP) is 4.65. The molecule has 2 atom stereocenters. The van der Waals surface area contributed by atoms with Crippen molar-refractivity contribution in [3.05, 3.63) is 59.5 Å². The first kappa shape index (κ1) is 14.1. The maximum absolute atomic E-state index is 6.35. The molecule has 2 aromatic heterocycles. The number of alkyl halides is 1. The summed E-state index contributed by atoms with van der Waals surface area (Å²) in [5.41, 5.74) is 4.17. The van der Waals surface area contributed by atoms with Gasteiger partial charge in [0.25, 0.3) is 0 Å². The second-order valence-electron chi connectivity index (χ2n) is 5.34. The van der Waals surface area contributed by atoms with E-state index in [1.54, 1.807) is 0 Å². The van der Waals surface area contributed by atoms with E-state index in [1.165, 1.54) is 5.56 Å². The number of hydrogen-bond donors (Lipinski definition) is 0. The van der Waals surface area contributed by atoms with Gasteiger partial charge in [0.1, 0.15) is 11.3 Å². The smallest absolute Gasteiger partial charge is 0.160 e. The molecule has 0 saturated heterocycles. The summed E-state index contributed by atoms with van der Waals surface area (Å²) in [4.78, 5) is 9.26. The van der Waals surface area contributed by atoms with Gasteiger partial charge in [-0.15, -0.1) is 11.6 Å². The maximum atomic E-state index is 6.35. The van der Waals surface area contributed by atoms with E-state index in [-0.39, 0.29) is 11.4 Å². The largest absolute Gasteiger partial charge is 0.304 e. The average Bonchev–Trinajstić information content (AvgIpc) is 2.88. The van der Waals surface area contributed by atoms with E-state index < -0.39 is 0 Å². The third-order valence-corrected chi connectivity index (χ3v) is 4.03. The molecule has 0 aliphatic carbocycles. The average molecular weight is 300 g/mol. The van der Waals surface area contributed by atoms with Crippen molar-refractivity contribution in [1.82, 2.24) is 14.5 Å². The van der Waals surface area contributed by atoms with Crippen LogP contribution in [-0.2, 0) is 0 Å². The number of aromatic nitrogens is 3. The normalized spacial score (nSPS) is 14.3. The summed E-state index contributed by atoms with van der Waals surface area (Å²) in [7, 11) is 0. The first-order chi connectivity index (χ1) is 10.1. The molecule has 0 aliphatic heterocycles. The van der Waals surface area contributed by atoms with Gasteiger partial charge in [-0.2, -0.15) is 0 Å². The summed E-state index contributed by atoms with van der Waals surface area (Å²) in [5, 5.41) is -0.162. The highest BCUT2D eigenvalue weighted by Gasteiger charge is 2.21. The molecule has 0 N–H and O–H groups in total. The van der Waals surface area contributed by atoms with Crippen molar-refractivity contribution in [3.63, 3.8) is 0 Å². The molecule has 3 nitrogen and oxygen atoms in total. The topological polar surface area (TPSA) is 30.7 Å². The molecule has 21 heavy (non-hydrogen) atoms. The van der Waals surface area contributed by atoms with E-state index in [9.17, 15) is 0 Å². The van der Waals surface area contributed by atoms with Crippen LogP contribution in [0.4, 0.5) is 0 Å². The first-order valence-corrected chi connectivity index (χ1v) is 7.55. The van der Waals surface area contributed by atoms with E-state index in [0.29, 0.717) is 0 Å². The predicted molar refractivity (Wildman–Crippen MR) is 86.8 cm³/mol. The van der Waals surface area contributed by atoms with Crippen LogP contribution in [0.3, 0.4) is 0 Å². The van der Waals surface area contributed by atoms with Crippen molar-refractivity contribution in [2.75, 3.05) is 0 Å². The molecule has 108 valence electrons. The zero-order valence-electron chi connectivity index (χ0n) is 12.4. The molecule has 0 amide bonds. The molecule has 0 bridgehead atoms. The molecule has 3 rings (SSSR count). The molecule has 2 unspecified atom stereocenters. The van der Waals surface area contributed by atoms with Crippen LogP contribution in [0.1, 0.15) is 42.2 Å². The number of halogens is 1. The highest BCUT2D eigenvalue weighted by atomic mass is 35.5. The summed E-state index contributed by atoms with van der Waals surface area (Å²) < 4.78 is 2.15. The van der Waals surface area contributed by atoms with Gasteiger partial charge in [-0.05, 0) is 38.0 Å². The SMILES string of the molecule is Cc1ccnc2c1nc(C(C)Cl)n2C(C)c1ccccc1. The van der Waals surface area contributed by atoms with Crippen LogP contribution < -0.4 is 0 Å². The second-order valence-corrected chi connectivity index (χ2v) is 6.00. The molecule has 0 saturated carbocycles. The van der Waals surface area contributed by atoms with Crippen molar-refractivity contribution in [1.29, 1.82) is 0 Å². The minimum Gasteiger partial charge on any atom is -0.304 e. The van der Waals surface area contributed by atoms with Crippen molar-refractivity contribution in [2.45, 2.75) is 32.2 Å². The van der Waals surface area contributed by atoms with Crippen LogP contribution >= 0.6 is 11.6 Å². The van der Waals surface area contributed by atoms with Gasteiger partial charge < -0.3 is 4.57 Å². The number of nitrogens with zero attached hydrogens (tertiary/aromatic N) is 3. The highest BCUT2D eigenvalue weighted by Crippen LogP contribution is 2.30. The van der Waals surface area contributed by atoms with E-state index in [1.807, 2.05) is 37.4 Å². The quantitative estimate of drug-likeness (QED) is 0.659. The Bertz CT molecular complexity index is 762. The summed E-state index contributed by atoms with van der Waals surface area (Å²) in [6.07, 6.45) is 1.83. The van der Waals surface area contributed by atoms with Crippen molar-refractivity contribution < 1.29 is 0 Å². The lowest BCUT2D eigenvalue weighted by molar-refractivity contribution is 0.614. The standard InChI is InChI=1S/C17H18ClN3/c1-11-9-10-19-17-15(11)20-16(12(2)18)21(17)13(3)14-7-5-4-6-8-14/h4-10,12-13H,1-3H3. The molecule has 0 fully saturated rings. The lowest BCUT2D eigenvalue weighted by Gasteiger charge is -2.18. The van der Waals surface area contributed by atoms with Gasteiger partial charge >= 0.3 is 0 Å². The number of pyridine rings is 1. The summed E-state index contributed by atoms with van der Waals surface area (Å²) in [6, 6.07) is 12.5. The molecule has 0 spiro atoms. The van der Waals surface area contributed by atoms with Crippen molar-refractivity contribution >= 4 is 22.8 Å². The zero-order valence-corrected chi connectivity index (χ0v) is 13.2. The zero-order chi connectivity index (χ0) is 15.0. The maximum Gasteiger partial charge on any atom is 0.160 e. The fourth-order valence-corrected chi connectivity index (χ4v) is 2.82. The molecule has 1 aromatic carbocycles. The van der Waals surface area contributed by atoms with Gasteiger partial charge in [-0.1, -0.05) is 30.3 Å². The number of rotatable bonds is 3. The minimum absolute atomic E-state index is 0.140. The fourth-order valence-electron chi connectivity index (χ4n) is 2.67. The molecule has 4 heteroatoms. The van der Waals surface area contributed by atoms with Gasteiger partial charge in [0.05, 0.1) is 11.4 Å². The van der Waals surface area contributed by atoms with E-state index in [0.717, 1.165) is 22.6 Å². The number of imidazole rings is 1. The fraction of sp³-hybridized carbons (Fsp3) is 0.294. The van der Waals surface area contributed by atoms with Crippen LogP contribution in [0.2, 0.25) is 0 Å². The molecular weight excluding hydrogens is 282 g/mol. The molecule has 0 aliphatic rings. The van der Waals surface area contributed by atoms with Crippen molar-refractivity contribution in [3.8, 4) is 0 Å². The number of aryl methyl sites for hydroxylation is 1. The monoisotopic (exact) mass is 299 g/mol. The third kappa shape index (κ3) is 2.42. The van der Waals surface area contributed by atoms with Crippen LogP contribution in [0, 0.1) is 6.92 Å². The van der Waals surface area contributed by atoms with Gasteiger partial charge in [0.15, 0.2) is 5.65 Å². The second kappa shape index (κ2) is 5.49. The Kier molecular flexibility index (Phi) is 3.68. The van der Waals surface area contributed by atoms with E-state index in [2.05, 4.69) is 35.5 Å². The van der Waals surface area contributed by atoms with Gasteiger partial charge in [0, 0.05) is 6.20 Å². The summed E-state index contributed by atoms with van der Waals surface area (Å²) in [5.74, 6) is 0.866. The van der Waals surface area contributed by atoms with Gasteiger partial charge in [-0.25, -0.2) is 9.97 Å². The lowest BCUT2D eigenvalue weighted by Crippen LogP contribution is -2.11. The van der Waals surface area contributed by atoms with Crippen LogP contribution in [0.25, 0.3) is 11.2 Å². The van der Waals surface area contributed by atoms with Crippen LogP contribution in [0.15, 0.2) is 42.6 Å². The Morgan fingerprint density at radius 3 is 2.48 bits per heavy atom. The number of hydrogen-bond acceptors (Lipinski definition) is 2. The minimum atomic E-state index is -0.162. The van der Waals surface area contributed by atoms with Crippen molar-refractivity contribution in [2.24, 2.45) is 0 Å². The Balaban J connectivity index is 2.25. The molecule has 2 heterocycles. The Hall–Kier alpha value is -1.87. The Morgan fingerprint density at radius 2 is 1.81 bits per heavy atom. The Labute approximate surface area is 129 Å². The van der Waals surface area contributed by atoms with Gasteiger partial charge in [0.2, 0.25) is 0 Å². The highest BCUT2D eigenvalue weighted by molar-refractivity contribution is 6.20. The molecule has 3 aromatic rings. The first-order valence-electron chi connectivity index (χ1n) is 7.12. The number of benzene rings is 1. The van der Waals surface area contributed by atoms with Crippen LogP contribution in [-0.4, -0.2) is 14.5 Å². The molecular formula is C17H18ClN3. The summed E-state index contributed by atoms with van der Waals surface area (Å²) >= 11 is 6.35. The van der Waals surface area contributed by atoms with Crippen LogP contribution in [0.5, 0.6) is 0 Å². The lowest BCUT2D eigenvalue weighted by atomic mass is 10.1.